The molecule has 0 heterocycles. The summed E-state index contributed by atoms with van der Waals surface area (Å²) >= 11 is 0. The molecule has 0 bridgehead atoms. The van der Waals surface area contributed by atoms with Crippen LogP contribution in [0.2, 0.25) is 0 Å². The number of nitrogens with one attached hydrogen (secondary N) is 1. The Bertz CT molecular complexity index is 292. The molecule has 0 radical (unpaired) electrons. The molecule has 0 fully saturated rings. The van der Waals surface area contributed by atoms with E-state index in [0.717, 1.165) is 6.42 Å². The molecule has 2 N–H and O–H groups in total. The topological polar surface area (TPSA) is 69.6 Å². The van der Waals surface area contributed by atoms with E-state index >= 15 is 0 Å². The quantitative estimate of drug-likeness (QED) is 0.736. The molecular weight excluding hydrogens is 232 g/mol. The highest BCUT2D eigenvalue weighted by Crippen LogP contribution is 2.13. The van der Waals surface area contributed by atoms with Crippen LogP contribution >= 0.6 is 0 Å². The fraction of sp³-hybridized carbons (Fsp3) is 0.846. The van der Waals surface area contributed by atoms with Crippen LogP contribution < -0.4 is 5.32 Å². The fourth-order valence-corrected chi connectivity index (χ4v) is 1.61. The lowest BCUT2D eigenvalue weighted by atomic mass is 9.96. The molecule has 0 saturated heterocycles. The third-order valence-corrected chi connectivity index (χ3v) is 2.99. The van der Waals surface area contributed by atoms with E-state index < -0.39 is 11.5 Å². The van der Waals surface area contributed by atoms with Gasteiger partial charge in [-0.25, -0.2) is 9.59 Å². The molecule has 0 spiro atoms. The summed E-state index contributed by atoms with van der Waals surface area (Å²) in [4.78, 5) is 24.6. The van der Waals surface area contributed by atoms with Crippen LogP contribution in [0.4, 0.5) is 4.79 Å². The molecule has 5 nitrogen and oxygen atoms in total. The molecule has 0 aromatic heterocycles. The van der Waals surface area contributed by atoms with Crippen LogP contribution in [0.25, 0.3) is 0 Å². The van der Waals surface area contributed by atoms with Gasteiger partial charge in [0.2, 0.25) is 0 Å². The van der Waals surface area contributed by atoms with E-state index in [0.29, 0.717) is 25.3 Å². The predicted molar refractivity (Wildman–Crippen MR) is 71.6 cm³/mol. The monoisotopic (exact) mass is 258 g/mol. The summed E-state index contributed by atoms with van der Waals surface area (Å²) in [6, 6.07) is -0.325. The van der Waals surface area contributed by atoms with Crippen molar-refractivity contribution in [1.29, 1.82) is 0 Å². The van der Waals surface area contributed by atoms with Crippen LogP contribution in [0.3, 0.4) is 0 Å². The zero-order valence-electron chi connectivity index (χ0n) is 12.1. The van der Waals surface area contributed by atoms with Crippen LogP contribution in [0.5, 0.6) is 0 Å². The summed E-state index contributed by atoms with van der Waals surface area (Å²) < 4.78 is 0. The summed E-state index contributed by atoms with van der Waals surface area (Å²) in [6.07, 6.45) is 2.03. The number of hydrogen-bond donors (Lipinski definition) is 2. The minimum Gasteiger partial charge on any atom is -0.480 e. The van der Waals surface area contributed by atoms with E-state index in [9.17, 15) is 14.7 Å². The van der Waals surface area contributed by atoms with Crippen molar-refractivity contribution in [2.24, 2.45) is 5.92 Å². The lowest BCUT2D eigenvalue weighted by molar-refractivity contribution is -0.144. The van der Waals surface area contributed by atoms with Crippen molar-refractivity contribution in [3.8, 4) is 0 Å². The first-order chi connectivity index (χ1) is 8.23. The van der Waals surface area contributed by atoms with Crippen molar-refractivity contribution in [2.75, 3.05) is 13.6 Å². The molecule has 1 unspecified atom stereocenters. The van der Waals surface area contributed by atoms with Crippen molar-refractivity contribution in [1.82, 2.24) is 10.2 Å². The van der Waals surface area contributed by atoms with E-state index in [1.165, 1.54) is 4.90 Å². The lowest BCUT2D eigenvalue weighted by Crippen LogP contribution is -2.55. The number of carboxylic acids is 1. The molecular formula is C13H26N2O3. The maximum Gasteiger partial charge on any atom is 0.329 e. The first-order valence-corrected chi connectivity index (χ1v) is 6.49. The highest BCUT2D eigenvalue weighted by atomic mass is 16.4. The Labute approximate surface area is 110 Å². The Morgan fingerprint density at radius 2 is 1.94 bits per heavy atom. The van der Waals surface area contributed by atoms with Crippen LogP contribution in [-0.4, -0.2) is 41.1 Å². The molecule has 1 atom stereocenters. The zero-order chi connectivity index (χ0) is 14.3. The van der Waals surface area contributed by atoms with Crippen molar-refractivity contribution in [3.05, 3.63) is 0 Å². The summed E-state index contributed by atoms with van der Waals surface area (Å²) in [5, 5.41) is 11.8. The zero-order valence-corrected chi connectivity index (χ0v) is 12.1. The van der Waals surface area contributed by atoms with Gasteiger partial charge in [-0.15, -0.1) is 0 Å². The number of amides is 2. The maximum absolute atomic E-state index is 11.9. The molecule has 106 valence electrons. The van der Waals surface area contributed by atoms with Gasteiger partial charge in [0.05, 0.1) is 0 Å². The summed E-state index contributed by atoms with van der Waals surface area (Å²) in [5.41, 5.74) is -1.18. The van der Waals surface area contributed by atoms with Crippen molar-refractivity contribution in [3.63, 3.8) is 0 Å². The van der Waals surface area contributed by atoms with Crippen LogP contribution in [-0.2, 0) is 4.79 Å². The molecule has 0 aliphatic rings. The van der Waals surface area contributed by atoms with Crippen LogP contribution in [0, 0.1) is 5.92 Å². The van der Waals surface area contributed by atoms with Gasteiger partial charge in [0.15, 0.2) is 0 Å². The summed E-state index contributed by atoms with van der Waals surface area (Å²) in [5.74, 6) is -0.475. The van der Waals surface area contributed by atoms with Gasteiger partial charge in [-0.05, 0) is 25.7 Å². The number of carbonyl (C=O) groups excluding carboxylic acids is 1. The molecule has 18 heavy (non-hydrogen) atoms. The third-order valence-electron chi connectivity index (χ3n) is 2.99. The van der Waals surface area contributed by atoms with Gasteiger partial charge in [0, 0.05) is 13.6 Å². The van der Waals surface area contributed by atoms with E-state index in [4.69, 9.17) is 0 Å². The van der Waals surface area contributed by atoms with Gasteiger partial charge < -0.3 is 15.3 Å². The van der Waals surface area contributed by atoms with E-state index in [-0.39, 0.29) is 6.03 Å². The predicted octanol–water partition coefficient (Wildman–Crippen LogP) is 2.32. The lowest BCUT2D eigenvalue weighted by Gasteiger charge is -2.29. The summed E-state index contributed by atoms with van der Waals surface area (Å²) in [6.45, 7) is 8.25. The van der Waals surface area contributed by atoms with E-state index in [1.54, 1.807) is 14.0 Å². The van der Waals surface area contributed by atoms with Gasteiger partial charge in [0.1, 0.15) is 5.54 Å². The minimum atomic E-state index is -1.18. The maximum atomic E-state index is 11.9. The average molecular weight is 258 g/mol. The fourth-order valence-electron chi connectivity index (χ4n) is 1.61. The number of carboxylic acid groups (broad SMARTS) is 1. The molecule has 0 aliphatic carbocycles. The first-order valence-electron chi connectivity index (χ1n) is 6.49. The smallest absolute Gasteiger partial charge is 0.329 e. The van der Waals surface area contributed by atoms with Gasteiger partial charge in [-0.2, -0.15) is 0 Å². The number of nitrogens with zero attached hydrogens (tertiary/aromatic N) is 1. The van der Waals surface area contributed by atoms with Crippen LogP contribution in [0.1, 0.15) is 47.0 Å². The van der Waals surface area contributed by atoms with Gasteiger partial charge in [0.25, 0.3) is 0 Å². The first kappa shape index (κ1) is 16.7. The minimum absolute atomic E-state index is 0.325. The summed E-state index contributed by atoms with van der Waals surface area (Å²) in [7, 11) is 1.69. The Kier molecular flexibility index (Phi) is 6.73. The highest BCUT2D eigenvalue weighted by molar-refractivity contribution is 5.85. The van der Waals surface area contributed by atoms with Crippen LogP contribution in [0.15, 0.2) is 0 Å². The largest absolute Gasteiger partial charge is 0.480 e. The SMILES string of the molecule is CCCC(C)(NC(=O)N(C)CCC(C)C)C(=O)O. The number of rotatable bonds is 7. The highest BCUT2D eigenvalue weighted by Gasteiger charge is 2.34. The number of carbonyl (C=O) groups is 2. The average Bonchev–Trinajstić information content (AvgIpc) is 2.25. The molecule has 0 saturated carbocycles. The molecule has 0 rings (SSSR count). The molecule has 2 amide bonds. The molecule has 0 aromatic carbocycles. The van der Waals surface area contributed by atoms with Crippen molar-refractivity contribution in [2.45, 2.75) is 52.5 Å². The normalized spacial score (nSPS) is 14.1. The number of hydrogen-bond acceptors (Lipinski definition) is 2. The second-order valence-corrected chi connectivity index (χ2v) is 5.42. The van der Waals surface area contributed by atoms with Crippen molar-refractivity contribution < 1.29 is 14.7 Å². The van der Waals surface area contributed by atoms with Gasteiger partial charge >= 0.3 is 12.0 Å². The molecule has 5 heteroatoms. The second-order valence-electron chi connectivity index (χ2n) is 5.42. The standard InChI is InChI=1S/C13H26N2O3/c1-6-8-13(4,11(16)17)14-12(18)15(5)9-7-10(2)3/h10H,6-9H2,1-5H3,(H,14,18)(H,16,17). The Morgan fingerprint density at radius 1 is 1.39 bits per heavy atom. The van der Waals surface area contributed by atoms with Gasteiger partial charge in [-0.3, -0.25) is 0 Å². The van der Waals surface area contributed by atoms with Crippen molar-refractivity contribution >= 4 is 12.0 Å². The second kappa shape index (κ2) is 7.24. The van der Waals surface area contributed by atoms with Gasteiger partial charge in [-0.1, -0.05) is 27.2 Å². The van der Waals surface area contributed by atoms with E-state index in [1.807, 2.05) is 6.92 Å². The number of aliphatic carboxylic acids is 1. The Hall–Kier alpha value is -1.26. The number of urea groups is 1. The third kappa shape index (κ3) is 5.38. The molecule has 0 aromatic rings. The Morgan fingerprint density at radius 3 is 2.33 bits per heavy atom. The Balaban J connectivity index is 4.46. The van der Waals surface area contributed by atoms with E-state index in [2.05, 4.69) is 19.2 Å². The molecule has 0 aliphatic heterocycles.